The van der Waals surface area contributed by atoms with Gasteiger partial charge in [-0.05, 0) is 19.0 Å². The van der Waals surface area contributed by atoms with Gasteiger partial charge in [0.05, 0.1) is 6.61 Å². The average Bonchev–Trinajstić information content (AvgIpc) is 2.38. The first-order valence-electron chi connectivity index (χ1n) is 5.86. The molecule has 18 heavy (non-hydrogen) atoms. The first kappa shape index (κ1) is 14.4. The van der Waals surface area contributed by atoms with Crippen LogP contribution in [-0.4, -0.2) is 49.1 Å². The number of hydrogen-bond acceptors (Lipinski definition) is 4. The monoisotopic (exact) mass is 253 g/mol. The van der Waals surface area contributed by atoms with E-state index in [1.807, 2.05) is 0 Å². The maximum Gasteiger partial charge on any atom is 0.254 e. The number of nitrogens with one attached hydrogen (secondary N) is 1. The topological polar surface area (TPSA) is 88.4 Å². The standard InChI is InChI=1S/C12H19N3O3/c1-18-8-7-15(6-2-4-13)12(17)10-3-5-14-11(16)9-10/h3,5,9H,2,4,6-8,13H2,1H3,(H,14,16). The summed E-state index contributed by atoms with van der Waals surface area (Å²) >= 11 is 0. The van der Waals surface area contributed by atoms with Gasteiger partial charge in [0, 0.05) is 38.0 Å². The molecule has 1 heterocycles. The molecule has 100 valence electrons. The van der Waals surface area contributed by atoms with Gasteiger partial charge in [-0.15, -0.1) is 0 Å². The minimum atomic E-state index is -0.286. The molecule has 1 aromatic heterocycles. The maximum atomic E-state index is 12.2. The second kappa shape index (κ2) is 7.62. The third kappa shape index (κ3) is 4.31. The molecule has 6 nitrogen and oxygen atoms in total. The van der Waals surface area contributed by atoms with E-state index < -0.39 is 0 Å². The number of nitrogens with two attached hydrogens (primary N) is 1. The van der Waals surface area contributed by atoms with Gasteiger partial charge in [-0.2, -0.15) is 0 Å². The van der Waals surface area contributed by atoms with Gasteiger partial charge in [0.1, 0.15) is 0 Å². The first-order valence-corrected chi connectivity index (χ1v) is 5.86. The highest BCUT2D eigenvalue weighted by Gasteiger charge is 2.15. The van der Waals surface area contributed by atoms with Crippen LogP contribution in [0.4, 0.5) is 0 Å². The smallest absolute Gasteiger partial charge is 0.254 e. The summed E-state index contributed by atoms with van der Waals surface area (Å²) in [5.41, 5.74) is 5.54. The SMILES string of the molecule is COCCN(CCCN)C(=O)c1cc[nH]c(=O)c1. The van der Waals surface area contributed by atoms with Crippen LogP contribution in [0.1, 0.15) is 16.8 Å². The molecule has 6 heteroatoms. The number of aromatic nitrogens is 1. The molecule has 0 spiro atoms. The molecule has 1 rings (SSSR count). The zero-order valence-corrected chi connectivity index (χ0v) is 10.5. The molecule has 0 aliphatic heterocycles. The normalized spacial score (nSPS) is 10.3. The predicted molar refractivity (Wildman–Crippen MR) is 68.5 cm³/mol. The largest absolute Gasteiger partial charge is 0.383 e. The molecule has 1 aromatic rings. The van der Waals surface area contributed by atoms with Crippen molar-refractivity contribution in [2.24, 2.45) is 5.73 Å². The number of pyridine rings is 1. The van der Waals surface area contributed by atoms with E-state index in [0.29, 0.717) is 31.8 Å². The molecular formula is C12H19N3O3. The summed E-state index contributed by atoms with van der Waals surface area (Å²) in [6.07, 6.45) is 2.19. The Kier molecular flexibility index (Phi) is 6.10. The molecule has 3 N–H and O–H groups in total. The Morgan fingerprint density at radius 3 is 2.89 bits per heavy atom. The van der Waals surface area contributed by atoms with Crippen molar-refractivity contribution < 1.29 is 9.53 Å². The van der Waals surface area contributed by atoms with E-state index in [4.69, 9.17) is 10.5 Å². The maximum absolute atomic E-state index is 12.2. The summed E-state index contributed by atoms with van der Waals surface area (Å²) in [7, 11) is 1.58. The van der Waals surface area contributed by atoms with Gasteiger partial charge in [-0.1, -0.05) is 0 Å². The fourth-order valence-electron chi connectivity index (χ4n) is 1.56. The molecule has 0 unspecified atom stereocenters. The lowest BCUT2D eigenvalue weighted by Crippen LogP contribution is -2.36. The highest BCUT2D eigenvalue weighted by atomic mass is 16.5. The van der Waals surface area contributed by atoms with Gasteiger partial charge in [0.25, 0.3) is 5.91 Å². The molecule has 0 aliphatic rings. The zero-order valence-electron chi connectivity index (χ0n) is 10.5. The molecule has 0 atom stereocenters. The van der Waals surface area contributed by atoms with Crippen molar-refractivity contribution in [1.82, 2.24) is 9.88 Å². The number of rotatable bonds is 7. The lowest BCUT2D eigenvalue weighted by atomic mass is 10.2. The van der Waals surface area contributed by atoms with Crippen LogP contribution in [0.3, 0.4) is 0 Å². The Balaban J connectivity index is 2.77. The van der Waals surface area contributed by atoms with Crippen LogP contribution in [0.2, 0.25) is 0 Å². The van der Waals surface area contributed by atoms with Gasteiger partial charge in [0.2, 0.25) is 5.56 Å². The third-order valence-electron chi connectivity index (χ3n) is 2.51. The van der Waals surface area contributed by atoms with Gasteiger partial charge >= 0.3 is 0 Å². The van der Waals surface area contributed by atoms with Crippen molar-refractivity contribution in [2.75, 3.05) is 33.4 Å². The van der Waals surface area contributed by atoms with E-state index in [-0.39, 0.29) is 11.5 Å². The zero-order chi connectivity index (χ0) is 13.4. The van der Waals surface area contributed by atoms with E-state index in [2.05, 4.69) is 4.98 Å². The summed E-state index contributed by atoms with van der Waals surface area (Å²) in [6, 6.07) is 2.89. The van der Waals surface area contributed by atoms with Crippen LogP contribution < -0.4 is 11.3 Å². The lowest BCUT2D eigenvalue weighted by molar-refractivity contribution is 0.0694. The van der Waals surface area contributed by atoms with Crippen LogP contribution >= 0.6 is 0 Å². The van der Waals surface area contributed by atoms with Gasteiger partial charge in [0.15, 0.2) is 0 Å². The Morgan fingerprint density at radius 2 is 2.28 bits per heavy atom. The number of H-pyrrole nitrogens is 1. The van der Waals surface area contributed by atoms with Crippen molar-refractivity contribution in [3.05, 3.63) is 34.2 Å². The number of methoxy groups -OCH3 is 1. The van der Waals surface area contributed by atoms with Crippen LogP contribution in [0.25, 0.3) is 0 Å². The molecule has 1 amide bonds. The van der Waals surface area contributed by atoms with Crippen LogP contribution in [0, 0.1) is 0 Å². The summed E-state index contributed by atoms with van der Waals surface area (Å²) < 4.78 is 4.97. The molecule has 0 saturated heterocycles. The van der Waals surface area contributed by atoms with E-state index in [1.54, 1.807) is 18.1 Å². The number of aromatic amines is 1. The highest BCUT2D eigenvalue weighted by molar-refractivity contribution is 5.94. The van der Waals surface area contributed by atoms with Crippen molar-refractivity contribution >= 4 is 5.91 Å². The lowest BCUT2D eigenvalue weighted by Gasteiger charge is -2.22. The van der Waals surface area contributed by atoms with Crippen molar-refractivity contribution in [2.45, 2.75) is 6.42 Å². The fourth-order valence-corrected chi connectivity index (χ4v) is 1.56. The Bertz CT molecular complexity index is 423. The quantitative estimate of drug-likeness (QED) is 0.705. The van der Waals surface area contributed by atoms with Crippen molar-refractivity contribution in [3.63, 3.8) is 0 Å². The van der Waals surface area contributed by atoms with Crippen molar-refractivity contribution in [3.8, 4) is 0 Å². The van der Waals surface area contributed by atoms with Gasteiger partial charge < -0.3 is 20.4 Å². The number of carbonyl (C=O) groups excluding carboxylic acids is 1. The summed E-state index contributed by atoms with van der Waals surface area (Å²) in [4.78, 5) is 27.5. The van der Waals surface area contributed by atoms with Crippen molar-refractivity contribution in [1.29, 1.82) is 0 Å². The van der Waals surface area contributed by atoms with Crippen LogP contribution in [0.15, 0.2) is 23.1 Å². The van der Waals surface area contributed by atoms with E-state index in [1.165, 1.54) is 12.3 Å². The van der Waals surface area contributed by atoms with E-state index >= 15 is 0 Å². The Morgan fingerprint density at radius 1 is 1.50 bits per heavy atom. The summed E-state index contributed by atoms with van der Waals surface area (Å²) in [5, 5.41) is 0. The molecule has 0 radical (unpaired) electrons. The Labute approximate surface area is 106 Å². The molecule has 0 aliphatic carbocycles. The number of hydrogen-bond donors (Lipinski definition) is 2. The summed E-state index contributed by atoms with van der Waals surface area (Å²) in [5.74, 6) is -0.174. The molecule has 0 saturated carbocycles. The van der Waals surface area contributed by atoms with Gasteiger partial charge in [-0.3, -0.25) is 9.59 Å². The minimum absolute atomic E-state index is 0.174. The predicted octanol–water partition coefficient (Wildman–Crippen LogP) is -0.188. The number of carbonyl (C=O) groups is 1. The van der Waals surface area contributed by atoms with Crippen LogP contribution in [0.5, 0.6) is 0 Å². The Hall–Kier alpha value is -1.66. The minimum Gasteiger partial charge on any atom is -0.383 e. The van der Waals surface area contributed by atoms with Gasteiger partial charge in [-0.25, -0.2) is 0 Å². The highest BCUT2D eigenvalue weighted by Crippen LogP contribution is 2.02. The van der Waals surface area contributed by atoms with E-state index in [9.17, 15) is 9.59 Å². The number of nitrogens with zero attached hydrogens (tertiary/aromatic N) is 1. The number of ether oxygens (including phenoxy) is 1. The molecule has 0 fully saturated rings. The second-order valence-electron chi connectivity index (χ2n) is 3.87. The number of amides is 1. The molecule has 0 aromatic carbocycles. The molecular weight excluding hydrogens is 234 g/mol. The second-order valence-corrected chi connectivity index (χ2v) is 3.87. The third-order valence-corrected chi connectivity index (χ3v) is 2.51. The first-order chi connectivity index (χ1) is 8.69. The average molecular weight is 253 g/mol. The fraction of sp³-hybridized carbons (Fsp3) is 0.500. The van der Waals surface area contributed by atoms with E-state index in [0.717, 1.165) is 6.42 Å². The van der Waals surface area contributed by atoms with Crippen LogP contribution in [-0.2, 0) is 4.74 Å². The summed E-state index contributed by atoms with van der Waals surface area (Å²) in [6.45, 7) is 2.03. The molecule has 0 bridgehead atoms.